The molecule has 1 spiro atoms. The number of esters is 1. The van der Waals surface area contributed by atoms with Crippen molar-refractivity contribution in [2.45, 2.75) is 100 Å². The number of aliphatic hydroxyl groups is 1. The Hall–Kier alpha value is -7.00. The Morgan fingerprint density at radius 2 is 1.46 bits per heavy atom. The first-order valence-corrected chi connectivity index (χ1v) is 25.1. The highest BCUT2D eigenvalue weighted by molar-refractivity contribution is 6.24. The van der Waals surface area contributed by atoms with Crippen LogP contribution in [0.4, 0.5) is 10.5 Å². The normalized spacial score (nSPS) is 24.8. The van der Waals surface area contributed by atoms with Gasteiger partial charge >= 0.3 is 12.0 Å². The van der Waals surface area contributed by atoms with Crippen LogP contribution in [0, 0.1) is 17.8 Å². The molecule has 0 bridgehead atoms. The number of morpholine rings is 1. The summed E-state index contributed by atoms with van der Waals surface area (Å²) < 4.78 is 12.8. The van der Waals surface area contributed by atoms with Crippen molar-refractivity contribution in [2.24, 2.45) is 5.92 Å². The standard InChI is InChI=1S/C59H60N4O7/c1-40(43-22-11-6-12-23-43)60-58(68)62-49-33-32-42(31-30-41-20-9-5-10-21-41)38-48(49)59(57(62)67)50(55(65)61-34-17-3-2-4-18-35-61)52-56(66)70-53(45-26-15-8-16-27-45)51(44-24-13-7-14-25-44)63(52)54(59)46-28-19-29-47(39-46)69-37-36-64/h6-8,11-16,19-20,22-29,32-33,38-40,50-54,64H,2-5,9-10,17-18,21,34-37H2,1H3,(H,60,68). The molecule has 7 atom stereocenters. The molecule has 4 amide bonds. The van der Waals surface area contributed by atoms with E-state index in [9.17, 15) is 5.11 Å². The van der Waals surface area contributed by atoms with Crippen LogP contribution < -0.4 is 15.0 Å². The number of anilines is 1. The number of aliphatic hydroxyl groups excluding tert-OH is 1. The van der Waals surface area contributed by atoms with Crippen molar-refractivity contribution in [3.63, 3.8) is 0 Å². The molecule has 358 valence electrons. The van der Waals surface area contributed by atoms with Crippen LogP contribution in [-0.4, -0.2) is 71.1 Å². The van der Waals surface area contributed by atoms with Crippen molar-refractivity contribution >= 4 is 29.5 Å². The van der Waals surface area contributed by atoms with Gasteiger partial charge in [0.2, 0.25) is 11.8 Å². The number of amides is 4. The Bertz CT molecular complexity index is 2820. The monoisotopic (exact) mass is 936 g/mol. The van der Waals surface area contributed by atoms with Crippen LogP contribution in [-0.2, 0) is 24.5 Å². The first-order chi connectivity index (χ1) is 34.3. The maximum absolute atomic E-state index is 16.9. The highest BCUT2D eigenvalue weighted by Gasteiger charge is 2.76. The zero-order valence-electron chi connectivity index (χ0n) is 39.7. The number of nitrogens with one attached hydrogen (secondary N) is 1. The second-order valence-corrected chi connectivity index (χ2v) is 19.2. The van der Waals surface area contributed by atoms with Gasteiger partial charge in [-0.2, -0.15) is 0 Å². The summed E-state index contributed by atoms with van der Waals surface area (Å²) in [6.45, 7) is 2.58. The van der Waals surface area contributed by atoms with Crippen molar-refractivity contribution in [1.82, 2.24) is 15.1 Å². The summed E-state index contributed by atoms with van der Waals surface area (Å²) in [5.41, 5.74) is 3.51. The fraction of sp³-hybridized carbons (Fsp3) is 0.356. The van der Waals surface area contributed by atoms with E-state index in [1.807, 2.05) is 133 Å². The summed E-state index contributed by atoms with van der Waals surface area (Å²) in [7, 11) is 0. The lowest BCUT2D eigenvalue weighted by Crippen LogP contribution is -2.57. The van der Waals surface area contributed by atoms with E-state index in [0.29, 0.717) is 41.2 Å². The molecule has 1 aliphatic carbocycles. The number of nitrogens with zero attached hydrogens (tertiary/aromatic N) is 3. The van der Waals surface area contributed by atoms with E-state index in [2.05, 4.69) is 28.1 Å². The molecular weight excluding hydrogens is 877 g/mol. The lowest BCUT2D eigenvalue weighted by Gasteiger charge is -2.46. The smallest absolute Gasteiger partial charge is 0.329 e. The predicted octanol–water partition coefficient (Wildman–Crippen LogP) is 9.84. The number of ether oxygens (including phenoxy) is 2. The van der Waals surface area contributed by atoms with Crippen LogP contribution in [0.1, 0.15) is 122 Å². The molecule has 70 heavy (non-hydrogen) atoms. The quantitative estimate of drug-likeness (QED) is 0.111. The minimum absolute atomic E-state index is 0.0183. The number of likely N-dealkylation sites (tertiary alicyclic amines) is 1. The van der Waals surface area contributed by atoms with Crippen molar-refractivity contribution in [3.05, 3.63) is 178 Å². The third kappa shape index (κ3) is 8.69. The largest absolute Gasteiger partial charge is 0.491 e. The molecule has 5 aliphatic rings. The third-order valence-electron chi connectivity index (χ3n) is 14.9. The minimum atomic E-state index is -1.91. The van der Waals surface area contributed by atoms with Crippen molar-refractivity contribution in [1.29, 1.82) is 0 Å². The van der Waals surface area contributed by atoms with Gasteiger partial charge in [0.1, 0.15) is 29.9 Å². The van der Waals surface area contributed by atoms with E-state index in [1.54, 1.807) is 12.1 Å². The predicted molar refractivity (Wildman–Crippen MR) is 267 cm³/mol. The van der Waals surface area contributed by atoms with Crippen molar-refractivity contribution in [3.8, 4) is 17.6 Å². The number of carbonyl (C=O) groups is 4. The van der Waals surface area contributed by atoms with E-state index >= 15 is 19.2 Å². The van der Waals surface area contributed by atoms with Crippen LogP contribution in [0.3, 0.4) is 0 Å². The molecule has 11 heteroatoms. The average Bonchev–Trinajstić information content (AvgIpc) is 3.84. The van der Waals surface area contributed by atoms with Crippen LogP contribution in [0.15, 0.2) is 145 Å². The highest BCUT2D eigenvalue weighted by Crippen LogP contribution is 2.66. The molecule has 0 radical (unpaired) electrons. The van der Waals surface area contributed by atoms with Gasteiger partial charge < -0.3 is 24.8 Å². The molecule has 0 saturated carbocycles. The summed E-state index contributed by atoms with van der Waals surface area (Å²) in [4.78, 5) is 69.2. The average molecular weight is 937 g/mol. The molecule has 4 heterocycles. The number of hydrogen-bond donors (Lipinski definition) is 2. The van der Waals surface area contributed by atoms with Gasteiger partial charge in [0.05, 0.1) is 36.3 Å². The number of imide groups is 1. The molecule has 5 aromatic carbocycles. The van der Waals surface area contributed by atoms with E-state index < -0.39 is 59.5 Å². The molecular formula is C59H60N4O7. The molecule has 0 aromatic heterocycles. The SMILES string of the molecule is CC(NC(=O)N1C(=O)C2(c3cc(C#CC4=CCCCC4)ccc31)C(C(=O)N1CCCCCCC1)C1C(=O)OC(c3ccccc3)C(c3ccccc3)N1C2c1cccc(OCCO)c1)c1ccccc1. The van der Waals surface area contributed by atoms with E-state index in [4.69, 9.17) is 9.47 Å². The zero-order valence-corrected chi connectivity index (χ0v) is 39.7. The number of benzene rings is 5. The van der Waals surface area contributed by atoms with Gasteiger partial charge in [-0.25, -0.2) is 9.69 Å². The van der Waals surface area contributed by atoms with Gasteiger partial charge in [0, 0.05) is 18.7 Å². The summed E-state index contributed by atoms with van der Waals surface area (Å²) in [6, 6.07) is 37.6. The zero-order chi connectivity index (χ0) is 48.2. The second-order valence-electron chi connectivity index (χ2n) is 19.2. The summed E-state index contributed by atoms with van der Waals surface area (Å²) in [6.07, 6.45) is 9.82. The van der Waals surface area contributed by atoms with Gasteiger partial charge in [-0.05, 0) is 109 Å². The highest BCUT2D eigenvalue weighted by atomic mass is 16.6. The molecule has 4 aliphatic heterocycles. The van der Waals surface area contributed by atoms with Crippen molar-refractivity contribution in [2.75, 3.05) is 31.2 Å². The number of rotatable bonds is 9. The first-order valence-electron chi connectivity index (χ1n) is 25.1. The number of fused-ring (bicyclic) bond motifs is 3. The Labute approximate surface area is 410 Å². The topological polar surface area (TPSA) is 129 Å². The number of urea groups is 1. The molecule has 11 nitrogen and oxygen atoms in total. The van der Waals surface area contributed by atoms with Gasteiger partial charge in [-0.15, -0.1) is 0 Å². The Morgan fingerprint density at radius 1 is 0.771 bits per heavy atom. The maximum atomic E-state index is 16.9. The Morgan fingerprint density at radius 3 is 2.16 bits per heavy atom. The van der Waals surface area contributed by atoms with Gasteiger partial charge in [0.25, 0.3) is 0 Å². The van der Waals surface area contributed by atoms with Crippen LogP contribution in [0.2, 0.25) is 0 Å². The first kappa shape index (κ1) is 46.7. The summed E-state index contributed by atoms with van der Waals surface area (Å²) >= 11 is 0. The molecule has 2 N–H and O–H groups in total. The second kappa shape index (κ2) is 20.5. The number of cyclic esters (lactones) is 1. The molecule has 3 fully saturated rings. The van der Waals surface area contributed by atoms with E-state index in [1.165, 1.54) is 4.90 Å². The summed E-state index contributed by atoms with van der Waals surface area (Å²) in [5, 5.41) is 13.0. The lowest BCUT2D eigenvalue weighted by molar-refractivity contribution is -0.179. The third-order valence-corrected chi connectivity index (χ3v) is 14.9. The number of hydrogen-bond acceptors (Lipinski definition) is 8. The molecule has 3 saturated heterocycles. The molecule has 7 unspecified atom stereocenters. The Balaban J connectivity index is 1.27. The number of carbonyl (C=O) groups excluding carboxylic acids is 4. The lowest BCUT2D eigenvalue weighted by atomic mass is 9.64. The Kier molecular flexibility index (Phi) is 13.7. The van der Waals surface area contributed by atoms with Gasteiger partial charge in [-0.3, -0.25) is 19.3 Å². The van der Waals surface area contributed by atoms with E-state index in [-0.39, 0.29) is 19.1 Å². The minimum Gasteiger partial charge on any atom is -0.491 e. The number of allylic oxidation sites excluding steroid dienone is 2. The van der Waals surface area contributed by atoms with Crippen LogP contribution >= 0.6 is 0 Å². The molecule has 5 aromatic rings. The fourth-order valence-corrected chi connectivity index (χ4v) is 11.7. The van der Waals surface area contributed by atoms with Gasteiger partial charge in [-0.1, -0.05) is 140 Å². The van der Waals surface area contributed by atoms with Crippen molar-refractivity contribution < 1.29 is 33.8 Å². The molecule has 10 rings (SSSR count). The van der Waals surface area contributed by atoms with E-state index in [0.717, 1.165) is 80.1 Å². The van der Waals surface area contributed by atoms with Crippen LogP contribution in [0.5, 0.6) is 5.75 Å². The maximum Gasteiger partial charge on any atom is 0.329 e. The van der Waals surface area contributed by atoms with Crippen LogP contribution in [0.25, 0.3) is 0 Å². The van der Waals surface area contributed by atoms with Gasteiger partial charge in [0.15, 0.2) is 0 Å². The fourth-order valence-electron chi connectivity index (χ4n) is 11.7. The summed E-state index contributed by atoms with van der Waals surface area (Å²) in [5.74, 6) is 4.31.